The molecule has 0 spiro atoms. The Balaban J connectivity index is 0.00000256. The number of aryl methyl sites for hydroxylation is 1. The third-order valence-corrected chi connectivity index (χ3v) is 5.19. The van der Waals surface area contributed by atoms with Gasteiger partial charge >= 0.3 is 6.09 Å². The third-order valence-electron chi connectivity index (χ3n) is 5.19. The van der Waals surface area contributed by atoms with Gasteiger partial charge in [-0.15, -0.1) is 5.10 Å². The van der Waals surface area contributed by atoms with Crippen LogP contribution in [0.5, 0.6) is 0 Å². The van der Waals surface area contributed by atoms with Crippen LogP contribution in [0, 0.1) is 6.92 Å². The van der Waals surface area contributed by atoms with Gasteiger partial charge in [-0.1, -0.05) is 24.3 Å². The summed E-state index contributed by atoms with van der Waals surface area (Å²) < 4.78 is 6.64. The van der Waals surface area contributed by atoms with E-state index in [1.165, 1.54) is 12.7 Å². The molecule has 4 rings (SSSR count). The average molecular weight is 393 g/mol. The Bertz CT molecular complexity index is 992. The van der Waals surface area contributed by atoms with Gasteiger partial charge in [0.1, 0.15) is 6.33 Å². The predicted molar refractivity (Wildman–Crippen MR) is 114 cm³/mol. The van der Waals surface area contributed by atoms with Gasteiger partial charge in [-0.2, -0.15) is 4.98 Å². The van der Waals surface area contributed by atoms with E-state index in [2.05, 4.69) is 40.5 Å². The molecule has 2 aromatic carbocycles. The Hall–Kier alpha value is -3.35. The minimum Gasteiger partial charge on any atom is -0.453 e. The van der Waals surface area contributed by atoms with Crippen molar-refractivity contribution in [2.24, 2.45) is 0 Å². The van der Waals surface area contributed by atoms with E-state index in [0.29, 0.717) is 12.5 Å². The average Bonchev–Trinajstić information content (AvgIpc) is 3.22. The molecule has 1 aromatic heterocycles. The number of aromatic nitrogens is 3. The molecule has 152 valence electrons. The number of nitrogens with zero attached hydrogens (tertiary/aromatic N) is 4. The lowest BCUT2D eigenvalue weighted by atomic mass is 9.89. The number of carbonyl (C=O) groups is 1. The quantitative estimate of drug-likeness (QED) is 0.706. The lowest BCUT2D eigenvalue weighted by molar-refractivity contribution is 0.111. The van der Waals surface area contributed by atoms with E-state index in [0.717, 1.165) is 36.3 Å². The van der Waals surface area contributed by atoms with Crippen molar-refractivity contribution in [1.29, 1.82) is 0 Å². The lowest BCUT2D eigenvalue weighted by Gasteiger charge is -2.32. The van der Waals surface area contributed by atoms with Crippen LogP contribution in [0.2, 0.25) is 0 Å². The molecule has 1 amide bonds. The Kier molecular flexibility index (Phi) is 5.46. The maximum Gasteiger partial charge on any atom is 0.409 e. The molecule has 1 fully saturated rings. The van der Waals surface area contributed by atoms with Crippen molar-refractivity contribution < 1.29 is 11.0 Å². The summed E-state index contributed by atoms with van der Waals surface area (Å²) in [6.45, 7) is 3.50. The molecule has 1 aliphatic heterocycles. The summed E-state index contributed by atoms with van der Waals surface area (Å²) in [6, 6.07) is 16.3. The van der Waals surface area contributed by atoms with E-state index in [1.54, 1.807) is 15.9 Å². The molecule has 1 unspecified atom stereocenters. The fraction of sp³-hybridized carbons (Fsp3) is 0.318. The fourth-order valence-electron chi connectivity index (χ4n) is 3.82. The molecule has 0 aliphatic carbocycles. The first kappa shape index (κ1) is 19.0. The number of para-hydroxylation sites is 1. The van der Waals surface area contributed by atoms with Crippen LogP contribution in [-0.2, 0) is 4.74 Å². The van der Waals surface area contributed by atoms with Gasteiger partial charge in [-0.25, -0.2) is 9.48 Å². The molecular weight excluding hydrogens is 366 g/mol. The SMILES string of the molecule is COC(=O)N1CCCC(c2cc(C)cc(Nc3ncn(-c4ccccc4)n3)c2)C1.[HH]. The number of hydrogen-bond acceptors (Lipinski definition) is 5. The summed E-state index contributed by atoms with van der Waals surface area (Å²) >= 11 is 0. The molecule has 0 bridgehead atoms. The second-order valence-electron chi connectivity index (χ2n) is 7.36. The van der Waals surface area contributed by atoms with Gasteiger partial charge < -0.3 is 15.0 Å². The molecule has 1 saturated heterocycles. The number of amides is 1. The van der Waals surface area contributed by atoms with Crippen molar-refractivity contribution in [3.63, 3.8) is 0 Å². The molecule has 1 N–H and O–H groups in total. The second-order valence-corrected chi connectivity index (χ2v) is 7.36. The minimum atomic E-state index is -0.253. The normalized spacial score (nSPS) is 16.5. The zero-order valence-electron chi connectivity index (χ0n) is 16.7. The number of anilines is 2. The number of piperidine rings is 1. The first-order chi connectivity index (χ1) is 14.1. The maximum atomic E-state index is 11.9. The largest absolute Gasteiger partial charge is 0.453 e. The number of methoxy groups -OCH3 is 1. The lowest BCUT2D eigenvalue weighted by Crippen LogP contribution is -2.39. The molecule has 7 heteroatoms. The van der Waals surface area contributed by atoms with E-state index in [1.807, 2.05) is 30.3 Å². The number of rotatable bonds is 4. The van der Waals surface area contributed by atoms with E-state index in [4.69, 9.17) is 4.74 Å². The van der Waals surface area contributed by atoms with Crippen molar-refractivity contribution in [1.82, 2.24) is 19.7 Å². The van der Waals surface area contributed by atoms with Gasteiger partial charge in [0.15, 0.2) is 0 Å². The summed E-state index contributed by atoms with van der Waals surface area (Å²) in [5.74, 6) is 0.836. The van der Waals surface area contributed by atoms with Crippen molar-refractivity contribution >= 4 is 17.7 Å². The summed E-state index contributed by atoms with van der Waals surface area (Å²) in [6.07, 6.45) is 3.47. The maximum absolute atomic E-state index is 11.9. The number of likely N-dealkylation sites (tertiary alicyclic amines) is 1. The smallest absolute Gasteiger partial charge is 0.409 e. The van der Waals surface area contributed by atoms with Gasteiger partial charge in [0.2, 0.25) is 5.95 Å². The fourth-order valence-corrected chi connectivity index (χ4v) is 3.82. The topological polar surface area (TPSA) is 72.3 Å². The molecule has 3 aromatic rings. The number of nitrogens with one attached hydrogen (secondary N) is 1. The van der Waals surface area contributed by atoms with Crippen LogP contribution >= 0.6 is 0 Å². The van der Waals surface area contributed by atoms with Crippen LogP contribution in [0.25, 0.3) is 5.69 Å². The first-order valence-electron chi connectivity index (χ1n) is 9.81. The summed E-state index contributed by atoms with van der Waals surface area (Å²) in [4.78, 5) is 18.1. The van der Waals surface area contributed by atoms with Gasteiger partial charge in [-0.05, 0) is 55.2 Å². The molecule has 29 heavy (non-hydrogen) atoms. The monoisotopic (exact) mass is 393 g/mol. The molecule has 2 heterocycles. The Morgan fingerprint density at radius 2 is 2.07 bits per heavy atom. The zero-order valence-corrected chi connectivity index (χ0v) is 16.7. The van der Waals surface area contributed by atoms with E-state index in [9.17, 15) is 4.79 Å². The Morgan fingerprint density at radius 1 is 1.24 bits per heavy atom. The van der Waals surface area contributed by atoms with E-state index >= 15 is 0 Å². The van der Waals surface area contributed by atoms with Gasteiger partial charge in [0, 0.05) is 26.1 Å². The van der Waals surface area contributed by atoms with Crippen molar-refractivity contribution in [2.45, 2.75) is 25.7 Å². The highest BCUT2D eigenvalue weighted by atomic mass is 16.5. The third kappa shape index (κ3) is 4.39. The molecular formula is C22H27N5O2. The standard InChI is InChI=1S/C22H25N5O2.H2/c1-16-11-18(17-7-6-10-26(14-17)22(28)29-2)13-19(12-16)24-21-23-15-27(25-21)20-8-4-3-5-9-20;/h3-5,8-9,11-13,15,17H,6-7,10,14H2,1-2H3,(H,24,25);1H. The molecule has 1 atom stereocenters. The van der Waals surface area contributed by atoms with Crippen LogP contribution in [-0.4, -0.2) is 46.0 Å². The van der Waals surface area contributed by atoms with Gasteiger partial charge in [-0.3, -0.25) is 0 Å². The van der Waals surface area contributed by atoms with Crippen LogP contribution in [0.4, 0.5) is 16.4 Å². The highest BCUT2D eigenvalue weighted by Gasteiger charge is 2.25. The molecule has 0 saturated carbocycles. The van der Waals surface area contributed by atoms with Crippen molar-refractivity contribution in [2.75, 3.05) is 25.5 Å². The summed E-state index contributed by atoms with van der Waals surface area (Å²) in [7, 11) is 1.43. The summed E-state index contributed by atoms with van der Waals surface area (Å²) in [5.41, 5.74) is 4.27. The van der Waals surface area contributed by atoms with E-state index in [-0.39, 0.29) is 13.4 Å². The number of carbonyl (C=O) groups excluding carboxylic acids is 1. The first-order valence-corrected chi connectivity index (χ1v) is 9.81. The van der Waals surface area contributed by atoms with Crippen molar-refractivity contribution in [3.05, 3.63) is 66.0 Å². The Labute approximate surface area is 171 Å². The van der Waals surface area contributed by atoms with Gasteiger partial charge in [0.25, 0.3) is 0 Å². The zero-order chi connectivity index (χ0) is 20.2. The van der Waals surface area contributed by atoms with Crippen molar-refractivity contribution in [3.8, 4) is 5.69 Å². The minimum absolute atomic E-state index is 0. The van der Waals surface area contributed by atoms with Crippen LogP contribution < -0.4 is 5.32 Å². The van der Waals surface area contributed by atoms with Crippen LogP contribution in [0.3, 0.4) is 0 Å². The van der Waals surface area contributed by atoms with Crippen LogP contribution in [0.1, 0.15) is 31.3 Å². The molecule has 0 radical (unpaired) electrons. The molecule has 7 nitrogen and oxygen atoms in total. The second kappa shape index (κ2) is 8.34. The van der Waals surface area contributed by atoms with Crippen LogP contribution in [0.15, 0.2) is 54.9 Å². The van der Waals surface area contributed by atoms with Gasteiger partial charge in [0.05, 0.1) is 12.8 Å². The predicted octanol–water partition coefficient (Wildman–Crippen LogP) is 4.51. The highest BCUT2D eigenvalue weighted by Crippen LogP contribution is 2.30. The number of benzene rings is 2. The Morgan fingerprint density at radius 3 is 2.86 bits per heavy atom. The summed E-state index contributed by atoms with van der Waals surface area (Å²) in [5, 5.41) is 7.83. The molecule has 1 aliphatic rings. The highest BCUT2D eigenvalue weighted by molar-refractivity contribution is 5.67. The van der Waals surface area contributed by atoms with E-state index < -0.39 is 0 Å². The number of ether oxygens (including phenoxy) is 1. The number of hydrogen-bond donors (Lipinski definition) is 1.